The Hall–Kier alpha value is -2.32. The average Bonchev–Trinajstić information content (AvgIpc) is 3.24. The molecule has 8 heteroatoms. The van der Waals surface area contributed by atoms with Gasteiger partial charge in [0, 0.05) is 30.5 Å². The van der Waals surface area contributed by atoms with Gasteiger partial charge in [-0.15, -0.1) is 11.3 Å². The summed E-state index contributed by atoms with van der Waals surface area (Å²) in [7, 11) is 0. The quantitative estimate of drug-likeness (QED) is 0.708. The monoisotopic (exact) mass is 342 g/mol. The lowest BCUT2D eigenvalue weighted by Crippen LogP contribution is -2.39. The van der Waals surface area contributed by atoms with E-state index in [1.165, 1.54) is 0 Å². The lowest BCUT2D eigenvalue weighted by molar-refractivity contribution is 0.0860. The standard InChI is InChI=1S/C16H18N6OS/c1-12-20-13(10-24-12)8-23-9-15-7-21(16-18-3-2-4-19-16)6-14-5-17-11-22(14)15/h2-5,10-11,15H,6-9H2,1H3/t15-/m1/s1. The van der Waals surface area contributed by atoms with E-state index in [0.29, 0.717) is 13.2 Å². The molecule has 0 amide bonds. The molecule has 0 radical (unpaired) electrons. The SMILES string of the molecule is Cc1nc(COC[C@H]2CN(c3ncccn3)Cc3cncn32)cs1. The minimum Gasteiger partial charge on any atom is -0.373 e. The summed E-state index contributed by atoms with van der Waals surface area (Å²) in [5, 5.41) is 3.11. The minimum atomic E-state index is 0.180. The van der Waals surface area contributed by atoms with Crippen LogP contribution in [0.25, 0.3) is 0 Å². The van der Waals surface area contributed by atoms with E-state index in [-0.39, 0.29) is 6.04 Å². The van der Waals surface area contributed by atoms with Crippen LogP contribution in [0.4, 0.5) is 5.95 Å². The summed E-state index contributed by atoms with van der Waals surface area (Å²) in [4.78, 5) is 19.6. The van der Waals surface area contributed by atoms with E-state index in [4.69, 9.17) is 4.74 Å². The van der Waals surface area contributed by atoms with Crippen molar-refractivity contribution < 1.29 is 4.74 Å². The van der Waals surface area contributed by atoms with E-state index in [0.717, 1.165) is 35.4 Å². The Balaban J connectivity index is 1.45. The first kappa shape index (κ1) is 15.2. The second kappa shape index (κ2) is 6.66. The number of nitrogens with zero attached hydrogens (tertiary/aromatic N) is 6. The maximum absolute atomic E-state index is 5.91. The number of imidazole rings is 1. The summed E-state index contributed by atoms with van der Waals surface area (Å²) in [6, 6.07) is 2.01. The molecule has 1 atom stereocenters. The van der Waals surface area contributed by atoms with Gasteiger partial charge in [0.05, 0.1) is 48.5 Å². The zero-order valence-electron chi connectivity index (χ0n) is 13.4. The molecule has 0 spiro atoms. The van der Waals surface area contributed by atoms with Crippen LogP contribution >= 0.6 is 11.3 Å². The van der Waals surface area contributed by atoms with Crippen LogP contribution < -0.4 is 4.90 Å². The fourth-order valence-electron chi connectivity index (χ4n) is 2.90. The van der Waals surface area contributed by atoms with Gasteiger partial charge in [-0.1, -0.05) is 0 Å². The molecule has 24 heavy (non-hydrogen) atoms. The van der Waals surface area contributed by atoms with Gasteiger partial charge in [0.25, 0.3) is 0 Å². The summed E-state index contributed by atoms with van der Waals surface area (Å²) >= 11 is 1.65. The molecule has 0 saturated carbocycles. The molecular weight excluding hydrogens is 324 g/mol. The van der Waals surface area contributed by atoms with E-state index in [1.807, 2.05) is 30.9 Å². The number of anilines is 1. The molecule has 1 aliphatic heterocycles. The van der Waals surface area contributed by atoms with Crippen molar-refractivity contribution >= 4 is 17.3 Å². The summed E-state index contributed by atoms with van der Waals surface area (Å²) < 4.78 is 8.10. The van der Waals surface area contributed by atoms with Crippen LogP contribution in [0, 0.1) is 6.92 Å². The van der Waals surface area contributed by atoms with Gasteiger partial charge in [0.2, 0.25) is 5.95 Å². The largest absolute Gasteiger partial charge is 0.373 e. The Labute approximate surface area is 144 Å². The Morgan fingerprint density at radius 1 is 1.33 bits per heavy atom. The van der Waals surface area contributed by atoms with Crippen molar-refractivity contribution in [2.45, 2.75) is 26.1 Å². The number of rotatable bonds is 5. The average molecular weight is 342 g/mol. The second-order valence-electron chi connectivity index (χ2n) is 5.75. The predicted octanol–water partition coefficient (Wildman–Crippen LogP) is 2.22. The third-order valence-electron chi connectivity index (χ3n) is 3.99. The summed E-state index contributed by atoms with van der Waals surface area (Å²) in [6.45, 7) is 4.69. The Morgan fingerprint density at radius 2 is 2.21 bits per heavy atom. The first-order valence-corrected chi connectivity index (χ1v) is 8.69. The molecule has 0 aliphatic carbocycles. The van der Waals surface area contributed by atoms with Gasteiger partial charge in [-0.3, -0.25) is 0 Å². The smallest absolute Gasteiger partial charge is 0.225 e. The fourth-order valence-corrected chi connectivity index (χ4v) is 3.50. The molecule has 124 valence electrons. The van der Waals surface area contributed by atoms with Gasteiger partial charge in [-0.05, 0) is 13.0 Å². The molecule has 3 aromatic rings. The summed E-state index contributed by atoms with van der Waals surface area (Å²) in [5.41, 5.74) is 2.13. The van der Waals surface area contributed by atoms with Gasteiger partial charge in [0.1, 0.15) is 0 Å². The predicted molar refractivity (Wildman–Crippen MR) is 90.9 cm³/mol. The zero-order valence-corrected chi connectivity index (χ0v) is 14.2. The summed E-state index contributed by atoms with van der Waals surface area (Å²) in [6.07, 6.45) is 7.31. The number of thiazole rings is 1. The van der Waals surface area contributed by atoms with Gasteiger partial charge in [0.15, 0.2) is 0 Å². The third-order valence-corrected chi connectivity index (χ3v) is 4.81. The number of hydrogen-bond donors (Lipinski definition) is 0. The van der Waals surface area contributed by atoms with E-state index < -0.39 is 0 Å². The molecule has 3 aromatic heterocycles. The molecule has 0 saturated heterocycles. The Kier molecular flexibility index (Phi) is 4.22. The normalized spacial score (nSPS) is 17.0. The number of aromatic nitrogens is 5. The van der Waals surface area contributed by atoms with Crippen molar-refractivity contribution in [3.63, 3.8) is 0 Å². The van der Waals surface area contributed by atoms with Gasteiger partial charge in [-0.2, -0.15) is 0 Å². The molecule has 4 rings (SSSR count). The maximum Gasteiger partial charge on any atom is 0.225 e. The molecule has 0 N–H and O–H groups in total. The van der Waals surface area contributed by atoms with Crippen molar-refractivity contribution in [1.29, 1.82) is 0 Å². The van der Waals surface area contributed by atoms with Crippen molar-refractivity contribution in [2.24, 2.45) is 0 Å². The van der Waals surface area contributed by atoms with Crippen LogP contribution in [-0.2, 0) is 17.9 Å². The first-order chi connectivity index (χ1) is 11.8. The van der Waals surface area contributed by atoms with Gasteiger partial charge in [-0.25, -0.2) is 19.9 Å². The third kappa shape index (κ3) is 3.15. The van der Waals surface area contributed by atoms with E-state index in [1.54, 1.807) is 23.7 Å². The molecular formula is C16H18N6OS. The van der Waals surface area contributed by atoms with E-state index >= 15 is 0 Å². The molecule has 0 fully saturated rings. The lowest BCUT2D eigenvalue weighted by Gasteiger charge is -2.34. The maximum atomic E-state index is 5.91. The van der Waals surface area contributed by atoms with Crippen LogP contribution in [0.5, 0.6) is 0 Å². The number of ether oxygens (including phenoxy) is 1. The zero-order chi connectivity index (χ0) is 16.4. The van der Waals surface area contributed by atoms with Crippen molar-refractivity contribution in [2.75, 3.05) is 18.1 Å². The van der Waals surface area contributed by atoms with Crippen molar-refractivity contribution in [1.82, 2.24) is 24.5 Å². The van der Waals surface area contributed by atoms with Gasteiger partial charge < -0.3 is 14.2 Å². The highest BCUT2D eigenvalue weighted by Crippen LogP contribution is 2.24. The highest BCUT2D eigenvalue weighted by molar-refractivity contribution is 7.09. The highest BCUT2D eigenvalue weighted by atomic mass is 32.1. The van der Waals surface area contributed by atoms with Crippen molar-refractivity contribution in [3.05, 3.63) is 52.8 Å². The molecule has 0 unspecified atom stereocenters. The molecule has 1 aliphatic rings. The topological polar surface area (TPSA) is 69.0 Å². The van der Waals surface area contributed by atoms with Crippen molar-refractivity contribution in [3.8, 4) is 0 Å². The first-order valence-electron chi connectivity index (χ1n) is 7.81. The number of aryl methyl sites for hydroxylation is 1. The van der Waals surface area contributed by atoms with E-state index in [2.05, 4.69) is 29.4 Å². The Morgan fingerprint density at radius 3 is 3.00 bits per heavy atom. The van der Waals surface area contributed by atoms with Crippen LogP contribution in [-0.4, -0.2) is 37.7 Å². The summed E-state index contributed by atoms with van der Waals surface area (Å²) in [5.74, 6) is 0.741. The van der Waals surface area contributed by atoms with Crippen LogP contribution in [0.3, 0.4) is 0 Å². The molecule has 7 nitrogen and oxygen atoms in total. The highest BCUT2D eigenvalue weighted by Gasteiger charge is 2.26. The Bertz CT molecular complexity index is 802. The number of hydrogen-bond acceptors (Lipinski definition) is 7. The van der Waals surface area contributed by atoms with Crippen LogP contribution in [0.1, 0.15) is 22.4 Å². The number of fused-ring (bicyclic) bond motifs is 1. The van der Waals surface area contributed by atoms with E-state index in [9.17, 15) is 0 Å². The fraction of sp³-hybridized carbons (Fsp3) is 0.375. The molecule has 0 aromatic carbocycles. The lowest BCUT2D eigenvalue weighted by atomic mass is 10.2. The molecule has 4 heterocycles. The second-order valence-corrected chi connectivity index (χ2v) is 6.81. The minimum absolute atomic E-state index is 0.180. The van der Waals surface area contributed by atoms with Gasteiger partial charge >= 0.3 is 0 Å². The molecule has 0 bridgehead atoms. The van der Waals surface area contributed by atoms with Crippen LogP contribution in [0.15, 0.2) is 36.4 Å². The van der Waals surface area contributed by atoms with Crippen LogP contribution in [0.2, 0.25) is 0 Å².